The lowest BCUT2D eigenvalue weighted by Gasteiger charge is -2.24. The molecule has 0 spiro atoms. The van der Waals surface area contributed by atoms with Crippen LogP contribution in [-0.2, 0) is 4.74 Å². The summed E-state index contributed by atoms with van der Waals surface area (Å²) in [7, 11) is 0. The first kappa shape index (κ1) is 14.3. The average molecular weight is 237 g/mol. The highest BCUT2D eigenvalue weighted by atomic mass is 16.5. The van der Waals surface area contributed by atoms with Crippen molar-refractivity contribution in [3.05, 3.63) is 24.4 Å². The summed E-state index contributed by atoms with van der Waals surface area (Å²) in [5, 5.41) is 0. The minimum Gasteiger partial charge on any atom is -0.378 e. The van der Waals surface area contributed by atoms with Gasteiger partial charge in [-0.05, 0) is 25.5 Å². The first-order valence-corrected chi connectivity index (χ1v) is 7.07. The van der Waals surface area contributed by atoms with E-state index in [1.807, 2.05) is 0 Å². The third-order valence-electron chi connectivity index (χ3n) is 3.03. The third kappa shape index (κ3) is 8.03. The summed E-state index contributed by atoms with van der Waals surface area (Å²) >= 11 is 0. The van der Waals surface area contributed by atoms with Crippen LogP contribution in [-0.4, -0.2) is 31.2 Å². The summed E-state index contributed by atoms with van der Waals surface area (Å²) in [4.78, 5) is 2.33. The van der Waals surface area contributed by atoms with Gasteiger partial charge in [0.25, 0.3) is 0 Å². The highest BCUT2D eigenvalue weighted by molar-refractivity contribution is 4.93. The van der Waals surface area contributed by atoms with Crippen LogP contribution in [0.2, 0.25) is 0 Å². The minimum absolute atomic E-state index is 0.873. The van der Waals surface area contributed by atoms with Crippen molar-refractivity contribution >= 4 is 0 Å². The zero-order chi connectivity index (χ0) is 12.2. The molecule has 1 aliphatic heterocycles. The Morgan fingerprint density at radius 2 is 1.82 bits per heavy atom. The summed E-state index contributed by atoms with van der Waals surface area (Å²) < 4.78 is 5.30. The van der Waals surface area contributed by atoms with Crippen LogP contribution in [0.5, 0.6) is 0 Å². The quantitative estimate of drug-likeness (QED) is 0.471. The molecule has 0 aliphatic carbocycles. The van der Waals surface area contributed by atoms with Crippen LogP contribution in [0.1, 0.15) is 45.4 Å². The molecule has 0 amide bonds. The Labute approximate surface area is 106 Å². The highest BCUT2D eigenvalue weighted by Crippen LogP contribution is 2.03. The second kappa shape index (κ2) is 10.4. The van der Waals surface area contributed by atoms with Crippen molar-refractivity contribution in [3.63, 3.8) is 0 Å². The molecular weight excluding hydrogens is 210 g/mol. The van der Waals surface area contributed by atoms with Crippen molar-refractivity contribution < 1.29 is 4.74 Å². The van der Waals surface area contributed by atoms with Gasteiger partial charge in [0.05, 0.1) is 13.2 Å². The molecule has 0 N–H and O–H groups in total. The van der Waals surface area contributed by atoms with Gasteiger partial charge in [0.2, 0.25) is 0 Å². The van der Waals surface area contributed by atoms with Crippen LogP contribution < -0.4 is 0 Å². The smallest absolute Gasteiger partial charge is 0.0642 e. The zero-order valence-electron chi connectivity index (χ0n) is 11.2. The number of hydrogen-bond donors (Lipinski definition) is 0. The molecule has 0 saturated carbocycles. The molecule has 0 aromatic rings. The number of ether oxygens (including phenoxy) is 1. The van der Waals surface area contributed by atoms with Crippen LogP contribution >= 0.6 is 0 Å². The average Bonchev–Trinajstić information content (AvgIpc) is 2.38. The van der Waals surface area contributed by atoms with E-state index in [1.165, 1.54) is 32.1 Å². The van der Waals surface area contributed by atoms with E-state index < -0.39 is 0 Å². The Morgan fingerprint density at radius 3 is 2.59 bits per heavy atom. The van der Waals surface area contributed by atoms with E-state index in [9.17, 15) is 0 Å². The number of unbranched alkanes of at least 4 members (excludes halogenated alkanes) is 4. The largest absolute Gasteiger partial charge is 0.378 e. The van der Waals surface area contributed by atoms with E-state index in [0.717, 1.165) is 32.7 Å². The van der Waals surface area contributed by atoms with Gasteiger partial charge in [-0.1, -0.05) is 44.4 Å². The first-order valence-electron chi connectivity index (χ1n) is 7.07. The van der Waals surface area contributed by atoms with Gasteiger partial charge in [0.15, 0.2) is 0 Å². The van der Waals surface area contributed by atoms with Gasteiger partial charge >= 0.3 is 0 Å². The summed E-state index contributed by atoms with van der Waals surface area (Å²) in [5.41, 5.74) is 0. The molecule has 0 aromatic carbocycles. The van der Waals surface area contributed by atoms with Gasteiger partial charge in [-0.2, -0.15) is 0 Å². The standard InChI is InChI=1S/C15H27NO/c1-2-3-4-5-6-7-8-9-10-11-16-12-14-17-15-13-16/h7-8,10-11H,2-6,9,12-15H2,1H3/b8-7+,11-10+. The van der Waals surface area contributed by atoms with Gasteiger partial charge in [-0.15, -0.1) is 0 Å². The number of allylic oxidation sites excluding steroid dienone is 3. The van der Waals surface area contributed by atoms with Gasteiger partial charge in [-0.25, -0.2) is 0 Å². The number of nitrogens with zero attached hydrogens (tertiary/aromatic N) is 1. The van der Waals surface area contributed by atoms with E-state index in [0.29, 0.717) is 0 Å². The molecule has 1 fully saturated rings. The van der Waals surface area contributed by atoms with Crippen LogP contribution in [0.3, 0.4) is 0 Å². The maximum absolute atomic E-state index is 5.30. The Kier molecular flexibility index (Phi) is 8.75. The van der Waals surface area contributed by atoms with E-state index in [1.54, 1.807) is 0 Å². The minimum atomic E-state index is 0.873. The lowest BCUT2D eigenvalue weighted by Crippen LogP contribution is -2.31. The molecule has 2 heteroatoms. The number of hydrogen-bond acceptors (Lipinski definition) is 2. The van der Waals surface area contributed by atoms with Gasteiger partial charge in [-0.3, -0.25) is 0 Å². The molecule has 1 saturated heterocycles. The van der Waals surface area contributed by atoms with E-state index in [2.05, 4.69) is 36.3 Å². The fourth-order valence-corrected chi connectivity index (χ4v) is 1.92. The molecule has 98 valence electrons. The highest BCUT2D eigenvalue weighted by Gasteiger charge is 2.04. The molecule has 0 radical (unpaired) electrons. The van der Waals surface area contributed by atoms with E-state index in [-0.39, 0.29) is 0 Å². The lowest BCUT2D eigenvalue weighted by molar-refractivity contribution is 0.0593. The Bertz CT molecular complexity index is 217. The fraction of sp³-hybridized carbons (Fsp3) is 0.733. The van der Waals surface area contributed by atoms with E-state index >= 15 is 0 Å². The molecule has 1 rings (SSSR count). The van der Waals surface area contributed by atoms with E-state index in [4.69, 9.17) is 4.74 Å². The predicted octanol–water partition coefficient (Wildman–Crippen LogP) is 3.75. The molecule has 17 heavy (non-hydrogen) atoms. The molecule has 0 aromatic heterocycles. The SMILES string of the molecule is CCCCCC/C=C/C/C=C/N1CCOCC1. The van der Waals surface area contributed by atoms with Crippen molar-refractivity contribution in [2.45, 2.75) is 45.4 Å². The molecule has 0 unspecified atom stereocenters. The second-order valence-electron chi connectivity index (χ2n) is 4.59. The molecule has 2 nitrogen and oxygen atoms in total. The van der Waals surface area contributed by atoms with Crippen molar-refractivity contribution in [3.8, 4) is 0 Å². The summed E-state index contributed by atoms with van der Waals surface area (Å²) in [6, 6.07) is 0. The normalized spacial score (nSPS) is 17.4. The summed E-state index contributed by atoms with van der Waals surface area (Å²) in [5.74, 6) is 0. The van der Waals surface area contributed by atoms with Crippen molar-refractivity contribution in [2.75, 3.05) is 26.3 Å². The van der Waals surface area contributed by atoms with Gasteiger partial charge < -0.3 is 9.64 Å². The maximum atomic E-state index is 5.30. The van der Waals surface area contributed by atoms with Crippen molar-refractivity contribution in [1.82, 2.24) is 4.90 Å². The molecule has 1 heterocycles. The monoisotopic (exact) mass is 237 g/mol. The molecule has 0 atom stereocenters. The lowest BCUT2D eigenvalue weighted by atomic mass is 10.1. The summed E-state index contributed by atoms with van der Waals surface area (Å²) in [6.45, 7) is 6.08. The van der Waals surface area contributed by atoms with Crippen molar-refractivity contribution in [1.29, 1.82) is 0 Å². The number of morpholine rings is 1. The maximum Gasteiger partial charge on any atom is 0.0642 e. The Morgan fingerprint density at radius 1 is 1.00 bits per heavy atom. The second-order valence-corrected chi connectivity index (χ2v) is 4.59. The molecule has 1 aliphatic rings. The number of rotatable bonds is 8. The Balaban J connectivity index is 1.94. The van der Waals surface area contributed by atoms with Crippen LogP contribution in [0.25, 0.3) is 0 Å². The van der Waals surface area contributed by atoms with Gasteiger partial charge in [0.1, 0.15) is 0 Å². The zero-order valence-corrected chi connectivity index (χ0v) is 11.2. The van der Waals surface area contributed by atoms with Crippen molar-refractivity contribution in [2.24, 2.45) is 0 Å². The molecular formula is C15H27NO. The van der Waals surface area contributed by atoms with Crippen LogP contribution in [0, 0.1) is 0 Å². The van der Waals surface area contributed by atoms with Crippen LogP contribution in [0.15, 0.2) is 24.4 Å². The summed E-state index contributed by atoms with van der Waals surface area (Å²) in [6.07, 6.45) is 16.8. The molecule has 0 bridgehead atoms. The van der Waals surface area contributed by atoms with Gasteiger partial charge in [0, 0.05) is 13.1 Å². The topological polar surface area (TPSA) is 12.5 Å². The first-order chi connectivity index (χ1) is 8.43. The Hall–Kier alpha value is -0.760. The van der Waals surface area contributed by atoms with Crippen LogP contribution in [0.4, 0.5) is 0 Å². The predicted molar refractivity (Wildman–Crippen MR) is 74.0 cm³/mol. The third-order valence-corrected chi connectivity index (χ3v) is 3.03. The fourth-order valence-electron chi connectivity index (χ4n) is 1.92.